The Morgan fingerprint density at radius 2 is 2.21 bits per heavy atom. The molecular weight excluding hydrogens is 322 g/mol. The van der Waals surface area contributed by atoms with Gasteiger partial charge < -0.3 is 10.6 Å². The van der Waals surface area contributed by atoms with Gasteiger partial charge in [0.05, 0.1) is 12.6 Å². The van der Waals surface area contributed by atoms with E-state index in [0.29, 0.717) is 13.1 Å². The van der Waals surface area contributed by atoms with Gasteiger partial charge in [-0.25, -0.2) is 4.79 Å². The molecule has 2 aromatic heterocycles. The van der Waals surface area contributed by atoms with Gasteiger partial charge in [-0.2, -0.15) is 5.10 Å². The number of carbonyl (C=O) groups is 1. The lowest BCUT2D eigenvalue weighted by Gasteiger charge is -2.27. The minimum atomic E-state index is -0.115. The van der Waals surface area contributed by atoms with Crippen molar-refractivity contribution >= 4 is 17.4 Å². The maximum absolute atomic E-state index is 12.2. The van der Waals surface area contributed by atoms with E-state index in [1.54, 1.807) is 17.5 Å². The Kier molecular flexibility index (Phi) is 5.87. The van der Waals surface area contributed by atoms with Gasteiger partial charge in [-0.1, -0.05) is 6.07 Å². The Morgan fingerprint density at radius 1 is 1.38 bits per heavy atom. The molecule has 6 nitrogen and oxygen atoms in total. The van der Waals surface area contributed by atoms with E-state index in [4.69, 9.17) is 0 Å². The van der Waals surface area contributed by atoms with Gasteiger partial charge in [-0.15, -0.1) is 11.3 Å². The van der Waals surface area contributed by atoms with Gasteiger partial charge in [0.1, 0.15) is 0 Å². The molecule has 1 aliphatic rings. The first-order chi connectivity index (χ1) is 11.7. The zero-order valence-electron chi connectivity index (χ0n) is 14.0. The van der Waals surface area contributed by atoms with Crippen LogP contribution in [0.25, 0.3) is 0 Å². The van der Waals surface area contributed by atoms with Gasteiger partial charge in [-0.3, -0.25) is 9.58 Å². The molecule has 2 amide bonds. The average Bonchev–Trinajstić information content (AvgIpc) is 3.31. The Morgan fingerprint density at radius 3 is 2.88 bits per heavy atom. The van der Waals surface area contributed by atoms with E-state index in [0.717, 1.165) is 13.1 Å². The van der Waals surface area contributed by atoms with E-state index >= 15 is 0 Å². The van der Waals surface area contributed by atoms with Crippen LogP contribution in [-0.4, -0.2) is 46.4 Å². The third-order valence-electron chi connectivity index (χ3n) is 4.31. The summed E-state index contributed by atoms with van der Waals surface area (Å²) in [6, 6.07) is 6.31. The molecule has 7 heteroatoms. The fourth-order valence-corrected chi connectivity index (χ4v) is 4.00. The summed E-state index contributed by atoms with van der Waals surface area (Å²) in [5.74, 6) is 0. The van der Waals surface area contributed by atoms with Gasteiger partial charge in [0.15, 0.2) is 0 Å². The summed E-state index contributed by atoms with van der Waals surface area (Å²) < 4.78 is 1.82. The van der Waals surface area contributed by atoms with Crippen LogP contribution in [0.1, 0.15) is 30.7 Å². The molecule has 1 saturated heterocycles. The SMILES string of the molecule is CC(Cn1cccn1)NC(=O)NCC(c1cccs1)N1CCCC1. The highest BCUT2D eigenvalue weighted by Gasteiger charge is 2.24. The summed E-state index contributed by atoms with van der Waals surface area (Å²) in [5.41, 5.74) is 0. The predicted molar refractivity (Wildman–Crippen MR) is 96.1 cm³/mol. The lowest BCUT2D eigenvalue weighted by atomic mass is 10.2. The zero-order chi connectivity index (χ0) is 16.8. The van der Waals surface area contributed by atoms with Crippen LogP contribution in [0.2, 0.25) is 0 Å². The fraction of sp³-hybridized carbons (Fsp3) is 0.529. The third-order valence-corrected chi connectivity index (χ3v) is 5.28. The van der Waals surface area contributed by atoms with E-state index in [-0.39, 0.29) is 18.1 Å². The van der Waals surface area contributed by atoms with E-state index in [1.165, 1.54) is 17.7 Å². The van der Waals surface area contributed by atoms with Gasteiger partial charge in [0, 0.05) is 29.9 Å². The minimum absolute atomic E-state index is 0.0249. The highest BCUT2D eigenvalue weighted by molar-refractivity contribution is 7.10. The van der Waals surface area contributed by atoms with Crippen LogP contribution >= 0.6 is 11.3 Å². The molecular formula is C17H25N5OS. The highest BCUT2D eigenvalue weighted by Crippen LogP contribution is 2.27. The van der Waals surface area contributed by atoms with Crippen molar-refractivity contribution in [1.29, 1.82) is 0 Å². The quantitative estimate of drug-likeness (QED) is 0.809. The summed E-state index contributed by atoms with van der Waals surface area (Å²) in [6.07, 6.45) is 6.13. The molecule has 2 aromatic rings. The van der Waals surface area contributed by atoms with Crippen molar-refractivity contribution in [3.8, 4) is 0 Å². The molecule has 3 rings (SSSR count). The molecule has 2 atom stereocenters. The van der Waals surface area contributed by atoms with Crippen LogP contribution < -0.4 is 10.6 Å². The second-order valence-corrected chi connectivity index (χ2v) is 7.24. The summed E-state index contributed by atoms with van der Waals surface area (Å²) in [5, 5.41) is 12.3. The van der Waals surface area contributed by atoms with Crippen molar-refractivity contribution in [2.45, 2.75) is 38.4 Å². The number of rotatable bonds is 7. The fourth-order valence-electron chi connectivity index (χ4n) is 3.14. The van der Waals surface area contributed by atoms with Crippen LogP contribution in [0.15, 0.2) is 36.0 Å². The summed E-state index contributed by atoms with van der Waals surface area (Å²) in [7, 11) is 0. The lowest BCUT2D eigenvalue weighted by molar-refractivity contribution is 0.219. The molecule has 3 heterocycles. The van der Waals surface area contributed by atoms with Crippen LogP contribution in [-0.2, 0) is 6.54 Å². The monoisotopic (exact) mass is 347 g/mol. The number of urea groups is 1. The number of hydrogen-bond donors (Lipinski definition) is 2. The van der Waals surface area contributed by atoms with Crippen molar-refractivity contribution in [3.05, 3.63) is 40.8 Å². The van der Waals surface area contributed by atoms with E-state index in [2.05, 4.69) is 38.1 Å². The Hall–Kier alpha value is -1.86. The average molecular weight is 347 g/mol. The lowest BCUT2D eigenvalue weighted by Crippen LogP contribution is -2.45. The molecule has 2 unspecified atom stereocenters. The minimum Gasteiger partial charge on any atom is -0.336 e. The molecule has 2 N–H and O–H groups in total. The first kappa shape index (κ1) is 17.0. The van der Waals surface area contributed by atoms with Crippen molar-refractivity contribution in [2.75, 3.05) is 19.6 Å². The molecule has 0 bridgehead atoms. The number of likely N-dealkylation sites (tertiary alicyclic amines) is 1. The molecule has 130 valence electrons. The number of amides is 2. The molecule has 0 aromatic carbocycles. The van der Waals surface area contributed by atoms with E-state index in [1.807, 2.05) is 23.9 Å². The number of thiophene rings is 1. The standard InChI is InChI=1S/C17H25N5OS/c1-14(13-22-10-5-7-19-22)20-17(23)18-12-15(16-6-4-11-24-16)21-8-2-3-9-21/h4-7,10-11,14-15H,2-3,8-9,12-13H2,1H3,(H2,18,20,23). The summed E-state index contributed by atoms with van der Waals surface area (Å²) in [4.78, 5) is 16.0. The van der Waals surface area contributed by atoms with Crippen LogP contribution in [0.4, 0.5) is 4.79 Å². The van der Waals surface area contributed by atoms with Gasteiger partial charge in [-0.05, 0) is 50.4 Å². The van der Waals surface area contributed by atoms with Crippen molar-refractivity contribution in [3.63, 3.8) is 0 Å². The Labute approximate surface area is 146 Å². The number of carbonyl (C=O) groups excluding carboxylic acids is 1. The van der Waals surface area contributed by atoms with Crippen molar-refractivity contribution in [1.82, 2.24) is 25.3 Å². The molecule has 0 saturated carbocycles. The van der Waals surface area contributed by atoms with E-state index in [9.17, 15) is 4.79 Å². The zero-order valence-corrected chi connectivity index (χ0v) is 14.8. The molecule has 0 aliphatic carbocycles. The first-order valence-corrected chi connectivity index (χ1v) is 9.39. The van der Waals surface area contributed by atoms with Crippen LogP contribution in [0.3, 0.4) is 0 Å². The molecule has 0 radical (unpaired) electrons. The van der Waals surface area contributed by atoms with Crippen LogP contribution in [0.5, 0.6) is 0 Å². The Bertz CT molecular complexity index is 607. The van der Waals surface area contributed by atoms with Gasteiger partial charge in [0.25, 0.3) is 0 Å². The van der Waals surface area contributed by atoms with Crippen LogP contribution in [0, 0.1) is 0 Å². The topological polar surface area (TPSA) is 62.2 Å². The summed E-state index contributed by atoms with van der Waals surface area (Å²) in [6.45, 7) is 5.52. The predicted octanol–water partition coefficient (Wildman–Crippen LogP) is 2.47. The molecule has 24 heavy (non-hydrogen) atoms. The highest BCUT2D eigenvalue weighted by atomic mass is 32.1. The number of aromatic nitrogens is 2. The normalized spacial score (nSPS) is 17.5. The second kappa shape index (κ2) is 8.30. The van der Waals surface area contributed by atoms with Crippen molar-refractivity contribution in [2.24, 2.45) is 0 Å². The Balaban J connectivity index is 1.49. The maximum atomic E-state index is 12.2. The maximum Gasteiger partial charge on any atom is 0.315 e. The molecule has 0 spiro atoms. The van der Waals surface area contributed by atoms with Gasteiger partial charge >= 0.3 is 6.03 Å². The molecule has 1 aliphatic heterocycles. The van der Waals surface area contributed by atoms with Gasteiger partial charge in [0.2, 0.25) is 0 Å². The number of hydrogen-bond acceptors (Lipinski definition) is 4. The second-order valence-electron chi connectivity index (χ2n) is 6.26. The number of nitrogens with one attached hydrogen (secondary N) is 2. The smallest absolute Gasteiger partial charge is 0.315 e. The van der Waals surface area contributed by atoms with Crippen molar-refractivity contribution < 1.29 is 4.79 Å². The third kappa shape index (κ3) is 4.58. The van der Waals surface area contributed by atoms with E-state index < -0.39 is 0 Å². The molecule has 1 fully saturated rings. The summed E-state index contributed by atoms with van der Waals surface area (Å²) >= 11 is 1.76. The largest absolute Gasteiger partial charge is 0.336 e. The number of nitrogens with zero attached hydrogens (tertiary/aromatic N) is 3. The first-order valence-electron chi connectivity index (χ1n) is 8.51.